The molecule has 1 atom stereocenters. The Morgan fingerprint density at radius 1 is 1.17 bits per heavy atom. The molecule has 0 aliphatic carbocycles. The normalized spacial score (nSPS) is 12.2. The summed E-state index contributed by atoms with van der Waals surface area (Å²) in [6.07, 6.45) is -0.714. The molecule has 1 unspecified atom stereocenters. The van der Waals surface area contributed by atoms with E-state index in [0.717, 1.165) is 17.0 Å². The zero-order valence-electron chi connectivity index (χ0n) is 13.9. The summed E-state index contributed by atoms with van der Waals surface area (Å²) in [5.41, 5.74) is 8.96. The summed E-state index contributed by atoms with van der Waals surface area (Å²) in [5, 5.41) is 12.9. The first-order chi connectivity index (χ1) is 11.0. The van der Waals surface area contributed by atoms with Gasteiger partial charge in [0, 0.05) is 5.69 Å². The van der Waals surface area contributed by atoms with Gasteiger partial charge in [-0.1, -0.05) is 29.8 Å². The lowest BCUT2D eigenvalue weighted by Gasteiger charge is -2.11. The van der Waals surface area contributed by atoms with E-state index in [2.05, 4.69) is 10.3 Å². The number of benzene rings is 2. The highest BCUT2D eigenvalue weighted by Gasteiger charge is 2.05. The molecule has 0 bridgehead atoms. The molecule has 2 aromatic rings. The molecule has 0 saturated carbocycles. The summed E-state index contributed by atoms with van der Waals surface area (Å²) in [7, 11) is 0. The Bertz CT molecular complexity index is 660. The number of aliphatic hydroxyl groups excluding tert-OH is 1. The number of anilines is 1. The maximum atomic E-state index is 9.92. The fraction of sp³-hybridized carbons (Fsp3) is 0.278. The summed E-state index contributed by atoms with van der Waals surface area (Å²) in [4.78, 5) is 4.12. The minimum atomic E-state index is -0.714. The number of aliphatic imine (C=N–C) groups is 1. The molecule has 4 N–H and O–H groups in total. The Labute approximate surface area is 160 Å². The number of nitrogens with zero attached hydrogens (tertiary/aromatic N) is 1. The third-order valence-electron chi connectivity index (χ3n) is 3.23. The van der Waals surface area contributed by atoms with Crippen LogP contribution in [0.2, 0.25) is 0 Å². The summed E-state index contributed by atoms with van der Waals surface area (Å²) in [6, 6.07) is 15.5. The van der Waals surface area contributed by atoms with Gasteiger partial charge in [0.15, 0.2) is 5.96 Å². The molecule has 0 radical (unpaired) electrons. The number of nitrogens with one attached hydrogen (secondary N) is 1. The Morgan fingerprint density at radius 2 is 1.88 bits per heavy atom. The molecule has 0 saturated heterocycles. The third-order valence-corrected chi connectivity index (χ3v) is 3.23. The lowest BCUT2D eigenvalue weighted by Crippen LogP contribution is -2.27. The predicted octanol–water partition coefficient (Wildman–Crippen LogP) is 3.09. The van der Waals surface area contributed by atoms with Crippen LogP contribution in [0, 0.1) is 13.8 Å². The number of aryl methyl sites for hydroxylation is 2. The molecule has 2 rings (SSSR count). The molecule has 0 spiro atoms. The molecule has 0 aliphatic rings. The summed E-state index contributed by atoms with van der Waals surface area (Å²) in [5.74, 6) is 1.00. The highest BCUT2D eigenvalue weighted by atomic mass is 127. The van der Waals surface area contributed by atoms with Crippen molar-refractivity contribution in [2.45, 2.75) is 20.0 Å². The number of guanidine groups is 1. The Hall–Kier alpha value is -1.80. The van der Waals surface area contributed by atoms with Gasteiger partial charge >= 0.3 is 0 Å². The van der Waals surface area contributed by atoms with Gasteiger partial charge < -0.3 is 20.9 Å². The number of hydrogen-bond acceptors (Lipinski definition) is 3. The first-order valence-electron chi connectivity index (χ1n) is 7.54. The lowest BCUT2D eigenvalue weighted by molar-refractivity contribution is 0.114. The number of nitrogens with two attached hydrogens (primary N) is 1. The van der Waals surface area contributed by atoms with E-state index in [1.807, 2.05) is 62.4 Å². The smallest absolute Gasteiger partial charge is 0.193 e. The zero-order valence-corrected chi connectivity index (χ0v) is 16.2. The van der Waals surface area contributed by atoms with E-state index in [0.29, 0.717) is 0 Å². The van der Waals surface area contributed by atoms with Gasteiger partial charge in [-0.05, 0) is 43.7 Å². The number of halogens is 1. The van der Waals surface area contributed by atoms with Gasteiger partial charge in [0.25, 0.3) is 0 Å². The Balaban J connectivity index is 0.00000288. The van der Waals surface area contributed by atoms with Crippen LogP contribution in [0.5, 0.6) is 5.75 Å². The average molecular weight is 441 g/mol. The van der Waals surface area contributed by atoms with Crippen molar-refractivity contribution in [3.8, 4) is 5.75 Å². The van der Waals surface area contributed by atoms with Crippen molar-refractivity contribution in [3.63, 3.8) is 0 Å². The monoisotopic (exact) mass is 441 g/mol. The summed E-state index contributed by atoms with van der Waals surface area (Å²) in [6.45, 7) is 4.36. The van der Waals surface area contributed by atoms with E-state index in [1.54, 1.807) is 0 Å². The van der Waals surface area contributed by atoms with Gasteiger partial charge in [-0.25, -0.2) is 0 Å². The predicted molar refractivity (Wildman–Crippen MR) is 109 cm³/mol. The summed E-state index contributed by atoms with van der Waals surface area (Å²) < 4.78 is 5.53. The second-order valence-corrected chi connectivity index (χ2v) is 5.50. The van der Waals surface area contributed by atoms with Crippen LogP contribution in [0.15, 0.2) is 53.5 Å². The molecular weight excluding hydrogens is 417 g/mol. The highest BCUT2D eigenvalue weighted by Crippen LogP contribution is 2.12. The van der Waals surface area contributed by atoms with E-state index in [1.165, 1.54) is 5.56 Å². The molecule has 0 amide bonds. The molecule has 5 nitrogen and oxygen atoms in total. The van der Waals surface area contributed by atoms with E-state index in [-0.39, 0.29) is 43.1 Å². The largest absolute Gasteiger partial charge is 0.491 e. The first-order valence-corrected chi connectivity index (χ1v) is 7.54. The van der Waals surface area contributed by atoms with Crippen molar-refractivity contribution in [1.82, 2.24) is 0 Å². The van der Waals surface area contributed by atoms with Crippen LogP contribution in [0.4, 0.5) is 5.69 Å². The van der Waals surface area contributed by atoms with Crippen molar-refractivity contribution in [2.75, 3.05) is 18.5 Å². The van der Waals surface area contributed by atoms with Gasteiger partial charge in [0.2, 0.25) is 0 Å². The van der Waals surface area contributed by atoms with Crippen molar-refractivity contribution in [1.29, 1.82) is 0 Å². The second-order valence-electron chi connectivity index (χ2n) is 5.50. The molecule has 2 aromatic carbocycles. The molecule has 130 valence electrons. The van der Waals surface area contributed by atoms with E-state index < -0.39 is 6.10 Å². The quantitative estimate of drug-likeness (QED) is 0.366. The molecule has 0 aliphatic heterocycles. The van der Waals surface area contributed by atoms with Crippen LogP contribution < -0.4 is 15.8 Å². The number of rotatable bonds is 6. The van der Waals surface area contributed by atoms with Gasteiger partial charge in [0.05, 0.1) is 6.54 Å². The molecule has 0 heterocycles. The maximum Gasteiger partial charge on any atom is 0.193 e. The standard InChI is InChI=1S/C18H23N3O2.HI/c1-13-6-8-15(9-7-13)21-18(19)20-11-16(22)12-23-17-5-3-4-14(2)10-17;/h3-10,16,22H,11-12H2,1-2H3,(H3,19,20,21);1H. The fourth-order valence-electron chi connectivity index (χ4n) is 1.98. The SMILES string of the molecule is Cc1ccc(NC(N)=NCC(O)COc2cccc(C)c2)cc1.I. The van der Waals surface area contributed by atoms with Crippen LogP contribution in [-0.4, -0.2) is 30.3 Å². The van der Waals surface area contributed by atoms with Crippen molar-refractivity contribution in [2.24, 2.45) is 10.7 Å². The Kier molecular flexibility index (Phi) is 8.56. The van der Waals surface area contributed by atoms with Crippen LogP contribution in [0.3, 0.4) is 0 Å². The third kappa shape index (κ3) is 7.18. The maximum absolute atomic E-state index is 9.92. The van der Waals surface area contributed by atoms with Crippen molar-refractivity contribution in [3.05, 3.63) is 59.7 Å². The number of ether oxygens (including phenoxy) is 1. The van der Waals surface area contributed by atoms with Gasteiger partial charge in [-0.2, -0.15) is 0 Å². The zero-order chi connectivity index (χ0) is 16.7. The van der Waals surface area contributed by atoms with Crippen LogP contribution in [0.25, 0.3) is 0 Å². The molecule has 0 fully saturated rings. The molecule has 6 heteroatoms. The molecule has 0 aromatic heterocycles. The van der Waals surface area contributed by atoms with Crippen molar-refractivity contribution >= 4 is 35.6 Å². The van der Waals surface area contributed by atoms with Gasteiger partial charge in [-0.3, -0.25) is 4.99 Å². The average Bonchev–Trinajstić information content (AvgIpc) is 2.53. The highest BCUT2D eigenvalue weighted by molar-refractivity contribution is 14.0. The van der Waals surface area contributed by atoms with Crippen LogP contribution in [-0.2, 0) is 0 Å². The van der Waals surface area contributed by atoms with Crippen LogP contribution >= 0.6 is 24.0 Å². The van der Waals surface area contributed by atoms with Gasteiger partial charge in [0.1, 0.15) is 18.5 Å². The van der Waals surface area contributed by atoms with E-state index in [9.17, 15) is 5.11 Å². The molecular formula is C18H24IN3O2. The number of hydrogen-bond donors (Lipinski definition) is 3. The van der Waals surface area contributed by atoms with E-state index in [4.69, 9.17) is 10.5 Å². The molecule has 24 heavy (non-hydrogen) atoms. The second kappa shape index (κ2) is 10.1. The number of aliphatic hydroxyl groups is 1. The van der Waals surface area contributed by atoms with Crippen molar-refractivity contribution < 1.29 is 9.84 Å². The lowest BCUT2D eigenvalue weighted by atomic mass is 10.2. The minimum Gasteiger partial charge on any atom is -0.491 e. The first kappa shape index (κ1) is 20.2. The fourth-order valence-corrected chi connectivity index (χ4v) is 1.98. The summed E-state index contributed by atoms with van der Waals surface area (Å²) >= 11 is 0. The van der Waals surface area contributed by atoms with E-state index >= 15 is 0 Å². The Morgan fingerprint density at radius 3 is 2.54 bits per heavy atom. The topological polar surface area (TPSA) is 79.9 Å². The van der Waals surface area contributed by atoms with Crippen LogP contribution in [0.1, 0.15) is 11.1 Å². The van der Waals surface area contributed by atoms with Gasteiger partial charge in [-0.15, -0.1) is 24.0 Å². The minimum absolute atomic E-state index is 0.